The lowest BCUT2D eigenvalue weighted by Crippen LogP contribution is -2.47. The fraction of sp³-hybridized carbons (Fsp3) is 0.650. The molecule has 9 nitrogen and oxygen atoms in total. The van der Waals surface area contributed by atoms with Gasteiger partial charge in [-0.15, -0.1) is 0 Å². The van der Waals surface area contributed by atoms with Gasteiger partial charge >= 0.3 is 0 Å². The van der Waals surface area contributed by atoms with Crippen LogP contribution in [0, 0.1) is 5.92 Å². The first kappa shape index (κ1) is 22.5. The SMILES string of the molecule is CN=C(NCCNS(=O)(=O)c1cccnc1)NC1CCN(C(=O)C2CCCCC2)C1. The van der Waals surface area contributed by atoms with Gasteiger partial charge < -0.3 is 15.5 Å². The lowest BCUT2D eigenvalue weighted by molar-refractivity contribution is -0.135. The standard InChI is InChI=1S/C20H32N6O3S/c1-21-20(23-11-12-24-30(28,29)18-8-5-10-22-14-18)25-17-9-13-26(15-17)19(27)16-6-3-2-4-7-16/h5,8,10,14,16-17,24H,2-4,6-7,9,11-13,15H2,1H3,(H2,21,23,25). The summed E-state index contributed by atoms with van der Waals surface area (Å²) < 4.78 is 26.9. The van der Waals surface area contributed by atoms with Gasteiger partial charge in [-0.05, 0) is 31.4 Å². The molecule has 3 N–H and O–H groups in total. The third kappa shape index (κ3) is 6.15. The third-order valence-corrected chi connectivity index (χ3v) is 7.12. The lowest BCUT2D eigenvalue weighted by Gasteiger charge is -2.26. The topological polar surface area (TPSA) is 116 Å². The predicted molar refractivity (Wildman–Crippen MR) is 115 cm³/mol. The fourth-order valence-electron chi connectivity index (χ4n) is 4.03. The predicted octanol–water partition coefficient (Wildman–Crippen LogP) is 0.706. The molecule has 1 atom stereocenters. The number of carbonyl (C=O) groups is 1. The third-order valence-electron chi connectivity index (χ3n) is 5.67. The molecule has 2 fully saturated rings. The molecule has 1 amide bonds. The average Bonchev–Trinajstić information content (AvgIpc) is 3.25. The Balaban J connectivity index is 1.39. The summed E-state index contributed by atoms with van der Waals surface area (Å²) in [5.41, 5.74) is 0. The number of amides is 1. The molecular formula is C20H32N6O3S. The molecule has 0 radical (unpaired) electrons. The van der Waals surface area contributed by atoms with Gasteiger partial charge in [0.25, 0.3) is 0 Å². The van der Waals surface area contributed by atoms with Crippen molar-refractivity contribution in [2.24, 2.45) is 10.9 Å². The summed E-state index contributed by atoms with van der Waals surface area (Å²) in [6.45, 7) is 2.06. The van der Waals surface area contributed by atoms with Gasteiger partial charge in [-0.3, -0.25) is 14.8 Å². The molecule has 2 aliphatic rings. The summed E-state index contributed by atoms with van der Waals surface area (Å²) in [6.07, 6.45) is 9.33. The molecule has 1 saturated heterocycles. The number of sulfonamides is 1. The van der Waals surface area contributed by atoms with Crippen LogP contribution in [0.4, 0.5) is 0 Å². The summed E-state index contributed by atoms with van der Waals surface area (Å²) in [4.78, 5) is 22.9. The Morgan fingerprint density at radius 3 is 2.73 bits per heavy atom. The number of hydrogen-bond donors (Lipinski definition) is 3. The van der Waals surface area contributed by atoms with Gasteiger partial charge in [0.05, 0.1) is 0 Å². The van der Waals surface area contributed by atoms with Gasteiger partial charge in [0.1, 0.15) is 4.90 Å². The Hall–Kier alpha value is -2.20. The first-order valence-electron chi connectivity index (χ1n) is 10.7. The number of guanidine groups is 1. The second-order valence-electron chi connectivity index (χ2n) is 7.83. The molecule has 1 aromatic rings. The summed E-state index contributed by atoms with van der Waals surface area (Å²) in [6, 6.07) is 3.24. The van der Waals surface area contributed by atoms with Crippen LogP contribution in [0.2, 0.25) is 0 Å². The van der Waals surface area contributed by atoms with E-state index in [0.717, 1.165) is 38.6 Å². The maximum atomic E-state index is 12.7. The number of nitrogens with zero attached hydrogens (tertiary/aromatic N) is 3. The average molecular weight is 437 g/mol. The number of hydrogen-bond acceptors (Lipinski definition) is 5. The van der Waals surface area contributed by atoms with Crippen molar-refractivity contribution in [2.45, 2.75) is 49.5 Å². The van der Waals surface area contributed by atoms with Crippen molar-refractivity contribution < 1.29 is 13.2 Å². The molecule has 1 saturated carbocycles. The van der Waals surface area contributed by atoms with Gasteiger partial charge in [-0.1, -0.05) is 19.3 Å². The van der Waals surface area contributed by atoms with Crippen LogP contribution < -0.4 is 15.4 Å². The van der Waals surface area contributed by atoms with E-state index in [1.54, 1.807) is 13.1 Å². The van der Waals surface area contributed by atoms with Crippen molar-refractivity contribution in [1.82, 2.24) is 25.2 Å². The maximum Gasteiger partial charge on any atom is 0.242 e. The minimum Gasteiger partial charge on any atom is -0.355 e. The highest BCUT2D eigenvalue weighted by atomic mass is 32.2. The van der Waals surface area contributed by atoms with E-state index in [-0.39, 0.29) is 23.4 Å². The number of pyridine rings is 1. The van der Waals surface area contributed by atoms with Crippen LogP contribution >= 0.6 is 0 Å². The Morgan fingerprint density at radius 1 is 1.23 bits per heavy atom. The molecule has 0 spiro atoms. The molecular weight excluding hydrogens is 404 g/mol. The van der Waals surface area contributed by atoms with Crippen molar-refractivity contribution in [3.05, 3.63) is 24.5 Å². The fourth-order valence-corrected chi connectivity index (χ4v) is 5.02. The van der Waals surface area contributed by atoms with Crippen LogP contribution in [0.15, 0.2) is 34.4 Å². The highest BCUT2D eigenvalue weighted by Crippen LogP contribution is 2.26. The summed E-state index contributed by atoms with van der Waals surface area (Å²) >= 11 is 0. The zero-order chi connectivity index (χ0) is 21.4. The molecule has 1 aromatic heterocycles. The molecule has 10 heteroatoms. The Labute approximate surface area is 178 Å². The van der Waals surface area contributed by atoms with Crippen molar-refractivity contribution >= 4 is 21.9 Å². The van der Waals surface area contributed by atoms with Crippen LogP contribution in [0.5, 0.6) is 0 Å². The number of nitrogens with one attached hydrogen (secondary N) is 3. The smallest absolute Gasteiger partial charge is 0.242 e. The van der Waals surface area contributed by atoms with Gasteiger partial charge in [-0.25, -0.2) is 13.1 Å². The van der Waals surface area contributed by atoms with Gasteiger partial charge in [0.2, 0.25) is 15.9 Å². The monoisotopic (exact) mass is 436 g/mol. The van der Waals surface area contributed by atoms with Crippen LogP contribution in [-0.4, -0.2) is 69.4 Å². The molecule has 1 aliphatic carbocycles. The van der Waals surface area contributed by atoms with Crippen LogP contribution in [0.1, 0.15) is 38.5 Å². The second-order valence-corrected chi connectivity index (χ2v) is 9.60. The largest absolute Gasteiger partial charge is 0.355 e. The van der Waals surface area contributed by atoms with Crippen molar-refractivity contribution in [3.63, 3.8) is 0 Å². The number of aromatic nitrogens is 1. The van der Waals surface area contributed by atoms with E-state index < -0.39 is 10.0 Å². The molecule has 2 heterocycles. The van der Waals surface area contributed by atoms with Crippen LogP contribution in [0.3, 0.4) is 0 Å². The highest BCUT2D eigenvalue weighted by molar-refractivity contribution is 7.89. The first-order valence-corrected chi connectivity index (χ1v) is 12.1. The van der Waals surface area contributed by atoms with Crippen molar-refractivity contribution in [1.29, 1.82) is 0 Å². The summed E-state index contributed by atoms with van der Waals surface area (Å²) in [5, 5.41) is 6.46. The number of likely N-dealkylation sites (tertiary alicyclic amines) is 1. The lowest BCUT2D eigenvalue weighted by atomic mass is 9.88. The normalized spacial score (nSPS) is 20.9. The van der Waals surface area contributed by atoms with Crippen LogP contribution in [-0.2, 0) is 14.8 Å². The molecule has 3 rings (SSSR count). The van der Waals surface area contributed by atoms with E-state index in [1.807, 2.05) is 4.90 Å². The van der Waals surface area contributed by atoms with E-state index >= 15 is 0 Å². The molecule has 30 heavy (non-hydrogen) atoms. The van der Waals surface area contributed by atoms with E-state index in [1.165, 1.54) is 24.9 Å². The van der Waals surface area contributed by atoms with Gasteiger partial charge in [0, 0.05) is 57.6 Å². The minimum atomic E-state index is -3.57. The highest BCUT2D eigenvalue weighted by Gasteiger charge is 2.31. The number of carbonyl (C=O) groups excluding carboxylic acids is 1. The quantitative estimate of drug-likeness (QED) is 0.329. The van der Waals surface area contributed by atoms with E-state index in [2.05, 4.69) is 25.3 Å². The van der Waals surface area contributed by atoms with Crippen molar-refractivity contribution in [3.8, 4) is 0 Å². The first-order chi connectivity index (χ1) is 14.5. The van der Waals surface area contributed by atoms with Crippen LogP contribution in [0.25, 0.3) is 0 Å². The molecule has 0 bridgehead atoms. The summed E-state index contributed by atoms with van der Waals surface area (Å²) in [5.74, 6) is 1.10. The number of rotatable bonds is 7. The minimum absolute atomic E-state index is 0.140. The van der Waals surface area contributed by atoms with E-state index in [9.17, 15) is 13.2 Å². The number of aliphatic imine (C=N–C) groups is 1. The van der Waals surface area contributed by atoms with E-state index in [0.29, 0.717) is 25.0 Å². The summed E-state index contributed by atoms with van der Waals surface area (Å²) in [7, 11) is -1.90. The van der Waals surface area contributed by atoms with E-state index in [4.69, 9.17) is 0 Å². The zero-order valence-electron chi connectivity index (χ0n) is 17.5. The molecule has 1 aliphatic heterocycles. The van der Waals surface area contributed by atoms with Gasteiger partial charge in [-0.2, -0.15) is 0 Å². The molecule has 1 unspecified atom stereocenters. The Bertz CT molecular complexity index is 824. The zero-order valence-corrected chi connectivity index (χ0v) is 18.3. The van der Waals surface area contributed by atoms with Gasteiger partial charge in [0.15, 0.2) is 5.96 Å². The van der Waals surface area contributed by atoms with Crippen molar-refractivity contribution in [2.75, 3.05) is 33.2 Å². The molecule has 0 aromatic carbocycles. The Morgan fingerprint density at radius 2 is 2.03 bits per heavy atom. The Kier molecular flexibility index (Phi) is 8.03. The molecule has 166 valence electrons. The maximum absolute atomic E-state index is 12.7. The second kappa shape index (κ2) is 10.7.